The second-order valence-electron chi connectivity index (χ2n) is 4.45. The predicted molar refractivity (Wildman–Crippen MR) is 78.2 cm³/mol. The summed E-state index contributed by atoms with van der Waals surface area (Å²) >= 11 is 0. The molecule has 0 unspecified atom stereocenters. The van der Waals surface area contributed by atoms with Crippen molar-refractivity contribution >= 4 is 24.8 Å². The lowest BCUT2D eigenvalue weighted by Gasteiger charge is -2.34. The van der Waals surface area contributed by atoms with E-state index < -0.39 is 23.5 Å². The fraction of sp³-hybridized carbons (Fsp3) is 0.462. The zero-order chi connectivity index (χ0) is 13.8. The van der Waals surface area contributed by atoms with Crippen molar-refractivity contribution in [1.29, 1.82) is 5.26 Å². The molecule has 0 aromatic heterocycles. The Morgan fingerprint density at radius 1 is 1.10 bits per heavy atom. The molecule has 1 aliphatic rings. The SMILES string of the molecule is Cl.Cl.N#CC[C@@H](c1cc(F)c(F)cc1F)N1CCNCC1. The van der Waals surface area contributed by atoms with Crippen LogP contribution in [0.2, 0.25) is 0 Å². The first kappa shape index (κ1) is 20.0. The number of hydrogen-bond acceptors (Lipinski definition) is 3. The Balaban J connectivity index is 0.00000200. The van der Waals surface area contributed by atoms with Gasteiger partial charge in [0.2, 0.25) is 0 Å². The van der Waals surface area contributed by atoms with Gasteiger partial charge in [-0.05, 0) is 6.07 Å². The number of hydrogen-bond donors (Lipinski definition) is 1. The maximum Gasteiger partial charge on any atom is 0.161 e. The molecule has 1 atom stereocenters. The molecule has 1 fully saturated rings. The number of rotatable bonds is 3. The van der Waals surface area contributed by atoms with Gasteiger partial charge in [0, 0.05) is 37.8 Å². The van der Waals surface area contributed by atoms with E-state index in [9.17, 15) is 13.2 Å². The van der Waals surface area contributed by atoms with Crippen LogP contribution in [0.15, 0.2) is 12.1 Å². The van der Waals surface area contributed by atoms with Gasteiger partial charge in [-0.25, -0.2) is 13.2 Å². The zero-order valence-electron chi connectivity index (χ0n) is 11.1. The molecule has 0 amide bonds. The van der Waals surface area contributed by atoms with E-state index in [1.165, 1.54) is 0 Å². The Kier molecular flexibility index (Phi) is 8.67. The molecule has 2 rings (SSSR count). The van der Waals surface area contributed by atoms with Crippen LogP contribution in [0, 0.1) is 28.8 Å². The fourth-order valence-corrected chi connectivity index (χ4v) is 2.31. The summed E-state index contributed by atoms with van der Waals surface area (Å²) in [5.74, 6) is -3.11. The summed E-state index contributed by atoms with van der Waals surface area (Å²) in [4.78, 5) is 1.91. The van der Waals surface area contributed by atoms with Gasteiger partial charge in [-0.15, -0.1) is 24.8 Å². The second kappa shape index (κ2) is 9.11. The molecule has 1 aromatic carbocycles. The molecule has 21 heavy (non-hydrogen) atoms. The molecule has 1 aromatic rings. The molecule has 1 aliphatic heterocycles. The molecule has 1 heterocycles. The molecule has 0 saturated carbocycles. The van der Waals surface area contributed by atoms with E-state index in [1.807, 2.05) is 11.0 Å². The number of nitriles is 1. The van der Waals surface area contributed by atoms with E-state index >= 15 is 0 Å². The van der Waals surface area contributed by atoms with Crippen LogP contribution >= 0.6 is 24.8 Å². The Morgan fingerprint density at radius 2 is 1.67 bits per heavy atom. The van der Waals surface area contributed by atoms with Crippen LogP contribution in [-0.4, -0.2) is 31.1 Å². The molecule has 3 nitrogen and oxygen atoms in total. The smallest absolute Gasteiger partial charge is 0.161 e. The minimum absolute atomic E-state index is 0. The van der Waals surface area contributed by atoms with Gasteiger partial charge in [0.25, 0.3) is 0 Å². The second-order valence-corrected chi connectivity index (χ2v) is 4.45. The van der Waals surface area contributed by atoms with E-state index in [4.69, 9.17) is 5.26 Å². The fourth-order valence-electron chi connectivity index (χ4n) is 2.31. The van der Waals surface area contributed by atoms with Crippen LogP contribution in [0.3, 0.4) is 0 Å². The van der Waals surface area contributed by atoms with Crippen molar-refractivity contribution in [3.05, 3.63) is 35.1 Å². The summed E-state index contributed by atoms with van der Waals surface area (Å²) < 4.78 is 40.0. The lowest BCUT2D eigenvalue weighted by molar-refractivity contribution is 0.172. The third-order valence-electron chi connectivity index (χ3n) is 3.28. The van der Waals surface area contributed by atoms with Crippen molar-refractivity contribution in [3.8, 4) is 6.07 Å². The monoisotopic (exact) mass is 341 g/mol. The van der Waals surface area contributed by atoms with Gasteiger partial charge < -0.3 is 5.32 Å². The quantitative estimate of drug-likeness (QED) is 0.859. The lowest BCUT2D eigenvalue weighted by atomic mass is 10.0. The first-order chi connectivity index (χ1) is 9.13. The van der Waals surface area contributed by atoms with E-state index in [-0.39, 0.29) is 36.8 Å². The summed E-state index contributed by atoms with van der Waals surface area (Å²) in [6.07, 6.45) is 0.0436. The van der Waals surface area contributed by atoms with Crippen molar-refractivity contribution in [1.82, 2.24) is 10.2 Å². The van der Waals surface area contributed by atoms with E-state index in [0.29, 0.717) is 19.2 Å². The van der Waals surface area contributed by atoms with Gasteiger partial charge in [0.1, 0.15) is 5.82 Å². The average Bonchev–Trinajstić information content (AvgIpc) is 2.42. The third kappa shape index (κ3) is 4.75. The first-order valence-electron chi connectivity index (χ1n) is 6.09. The van der Waals surface area contributed by atoms with Gasteiger partial charge in [0.05, 0.1) is 18.5 Å². The van der Waals surface area contributed by atoms with Crippen LogP contribution < -0.4 is 5.32 Å². The van der Waals surface area contributed by atoms with Crippen LogP contribution in [0.4, 0.5) is 13.2 Å². The summed E-state index contributed by atoms with van der Waals surface area (Å²) in [6.45, 7) is 2.75. The van der Waals surface area contributed by atoms with E-state index in [2.05, 4.69) is 5.32 Å². The first-order valence-corrected chi connectivity index (χ1v) is 6.09. The van der Waals surface area contributed by atoms with Crippen molar-refractivity contribution in [3.63, 3.8) is 0 Å². The Hall–Kier alpha value is -1.00. The lowest BCUT2D eigenvalue weighted by Crippen LogP contribution is -2.45. The van der Waals surface area contributed by atoms with Crippen LogP contribution in [0.5, 0.6) is 0 Å². The van der Waals surface area contributed by atoms with Crippen LogP contribution in [0.25, 0.3) is 0 Å². The molecule has 0 bridgehead atoms. The molecule has 8 heteroatoms. The standard InChI is InChI=1S/C13H14F3N3.2ClH/c14-10-8-12(16)11(15)7-9(10)13(1-2-17)19-5-3-18-4-6-19;;/h7-8,13,18H,1,3-6H2;2*1H/t13-;;/m0../s1. The molecule has 1 saturated heterocycles. The van der Waals surface area contributed by atoms with Gasteiger partial charge >= 0.3 is 0 Å². The van der Waals surface area contributed by atoms with Crippen molar-refractivity contribution < 1.29 is 13.2 Å². The zero-order valence-corrected chi connectivity index (χ0v) is 12.7. The van der Waals surface area contributed by atoms with E-state index in [1.54, 1.807) is 0 Å². The van der Waals surface area contributed by atoms with Crippen molar-refractivity contribution in [2.75, 3.05) is 26.2 Å². The number of nitrogens with one attached hydrogen (secondary N) is 1. The number of piperazine rings is 1. The van der Waals surface area contributed by atoms with Gasteiger partial charge in [-0.1, -0.05) is 0 Å². The summed E-state index contributed by atoms with van der Waals surface area (Å²) in [7, 11) is 0. The highest BCUT2D eigenvalue weighted by atomic mass is 35.5. The Bertz CT molecular complexity index is 502. The van der Waals surface area contributed by atoms with Gasteiger partial charge in [0.15, 0.2) is 11.6 Å². The highest BCUT2D eigenvalue weighted by Gasteiger charge is 2.25. The molecule has 0 spiro atoms. The Morgan fingerprint density at radius 3 is 2.24 bits per heavy atom. The van der Waals surface area contributed by atoms with Gasteiger partial charge in [-0.2, -0.15) is 5.26 Å². The average molecular weight is 342 g/mol. The molecule has 0 aliphatic carbocycles. The highest BCUT2D eigenvalue weighted by Crippen LogP contribution is 2.28. The summed E-state index contributed by atoms with van der Waals surface area (Å²) in [5, 5.41) is 12.0. The maximum absolute atomic E-state index is 13.8. The molecular weight excluding hydrogens is 326 g/mol. The highest BCUT2D eigenvalue weighted by molar-refractivity contribution is 5.85. The van der Waals surface area contributed by atoms with Crippen molar-refractivity contribution in [2.45, 2.75) is 12.5 Å². The number of halogens is 5. The van der Waals surface area contributed by atoms with Crippen LogP contribution in [-0.2, 0) is 0 Å². The summed E-state index contributed by atoms with van der Waals surface area (Å²) in [6, 6.07) is 2.84. The molecular formula is C13H16Cl2F3N3. The normalized spacial score (nSPS) is 16.3. The Labute approximate surface area is 133 Å². The number of benzene rings is 1. The molecule has 118 valence electrons. The molecule has 1 N–H and O–H groups in total. The van der Waals surface area contributed by atoms with E-state index in [0.717, 1.165) is 19.2 Å². The van der Waals surface area contributed by atoms with Crippen LogP contribution in [0.1, 0.15) is 18.0 Å². The minimum Gasteiger partial charge on any atom is -0.314 e. The van der Waals surface area contributed by atoms with Crippen molar-refractivity contribution in [2.24, 2.45) is 0 Å². The number of nitrogens with zero attached hydrogens (tertiary/aromatic N) is 2. The summed E-state index contributed by atoms with van der Waals surface area (Å²) in [5.41, 5.74) is 0.0438. The maximum atomic E-state index is 13.8. The predicted octanol–water partition coefficient (Wildman–Crippen LogP) is 2.81. The van der Waals surface area contributed by atoms with Gasteiger partial charge in [-0.3, -0.25) is 4.90 Å². The topological polar surface area (TPSA) is 39.1 Å². The largest absolute Gasteiger partial charge is 0.314 e. The molecule has 0 radical (unpaired) electrons. The third-order valence-corrected chi connectivity index (χ3v) is 3.28. The minimum atomic E-state index is -1.21.